The van der Waals surface area contributed by atoms with Crippen molar-refractivity contribution in [1.29, 1.82) is 0 Å². The van der Waals surface area contributed by atoms with Crippen molar-refractivity contribution in [2.75, 3.05) is 5.32 Å². The van der Waals surface area contributed by atoms with E-state index < -0.39 is 11.5 Å². The number of carboxylic acid groups (broad SMARTS) is 1. The van der Waals surface area contributed by atoms with E-state index >= 15 is 0 Å². The number of hydrogen-bond donors (Lipinski definition) is 3. The molecule has 20 heavy (non-hydrogen) atoms. The smallest absolute Gasteiger partial charge is 0.333 e. The van der Waals surface area contributed by atoms with E-state index in [-0.39, 0.29) is 5.75 Å². The lowest BCUT2D eigenvalue weighted by Crippen LogP contribution is -2.40. The van der Waals surface area contributed by atoms with E-state index in [0.717, 1.165) is 5.56 Å². The topological polar surface area (TPSA) is 69.6 Å². The number of rotatable bonds is 4. The van der Waals surface area contributed by atoms with E-state index in [1.165, 1.54) is 12.1 Å². The zero-order valence-corrected chi connectivity index (χ0v) is 11.4. The number of aromatic hydroxyl groups is 1. The molecule has 0 heterocycles. The van der Waals surface area contributed by atoms with Gasteiger partial charge in [-0.25, -0.2) is 4.79 Å². The molecule has 2 aromatic rings. The zero-order chi connectivity index (χ0) is 14.8. The van der Waals surface area contributed by atoms with E-state index in [4.69, 9.17) is 0 Å². The predicted molar refractivity (Wildman–Crippen MR) is 77.9 cm³/mol. The molecule has 0 spiro atoms. The molecule has 0 saturated carbocycles. The van der Waals surface area contributed by atoms with Gasteiger partial charge in [-0.2, -0.15) is 0 Å². The van der Waals surface area contributed by atoms with Crippen molar-refractivity contribution >= 4 is 11.7 Å². The van der Waals surface area contributed by atoms with Crippen molar-refractivity contribution in [3.05, 3.63) is 59.7 Å². The zero-order valence-electron chi connectivity index (χ0n) is 11.4. The third-order valence-electron chi connectivity index (χ3n) is 3.30. The fraction of sp³-hybridized carbons (Fsp3) is 0.188. The number of carboxylic acids is 1. The van der Waals surface area contributed by atoms with Crippen LogP contribution in [0.2, 0.25) is 0 Å². The number of aliphatic carboxylic acids is 1. The van der Waals surface area contributed by atoms with Crippen LogP contribution in [0.1, 0.15) is 18.1 Å². The Morgan fingerprint density at radius 3 is 2.35 bits per heavy atom. The molecule has 0 saturated heterocycles. The predicted octanol–water partition coefficient (Wildman–Crippen LogP) is 3.11. The summed E-state index contributed by atoms with van der Waals surface area (Å²) in [7, 11) is 0. The minimum atomic E-state index is -1.31. The van der Waals surface area contributed by atoms with Gasteiger partial charge in [-0.15, -0.1) is 0 Å². The molecule has 0 aliphatic heterocycles. The molecule has 2 aromatic carbocycles. The average molecular weight is 271 g/mol. The Kier molecular flexibility index (Phi) is 3.66. The minimum Gasteiger partial charge on any atom is -0.508 e. The van der Waals surface area contributed by atoms with Gasteiger partial charge in [0.15, 0.2) is 5.54 Å². The van der Waals surface area contributed by atoms with Crippen LogP contribution in [0.5, 0.6) is 5.75 Å². The summed E-state index contributed by atoms with van der Waals surface area (Å²) >= 11 is 0. The van der Waals surface area contributed by atoms with Gasteiger partial charge in [0.05, 0.1) is 0 Å². The van der Waals surface area contributed by atoms with Crippen molar-refractivity contribution in [2.24, 2.45) is 0 Å². The molecule has 104 valence electrons. The van der Waals surface area contributed by atoms with Crippen LogP contribution in [-0.4, -0.2) is 16.2 Å². The summed E-state index contributed by atoms with van der Waals surface area (Å²) < 4.78 is 0. The van der Waals surface area contributed by atoms with Crippen LogP contribution in [0.15, 0.2) is 48.5 Å². The molecule has 2 rings (SSSR count). The van der Waals surface area contributed by atoms with Crippen molar-refractivity contribution < 1.29 is 15.0 Å². The molecule has 0 bridgehead atoms. The number of anilines is 1. The molecular formula is C16H17NO3. The molecule has 1 atom stereocenters. The van der Waals surface area contributed by atoms with Gasteiger partial charge in [0.25, 0.3) is 0 Å². The SMILES string of the molecule is Cc1ccc(NC(C)(C(=O)O)c2cccc(O)c2)cc1. The lowest BCUT2D eigenvalue weighted by Gasteiger charge is -2.28. The molecule has 3 N–H and O–H groups in total. The van der Waals surface area contributed by atoms with E-state index in [9.17, 15) is 15.0 Å². The maximum absolute atomic E-state index is 11.7. The first-order valence-corrected chi connectivity index (χ1v) is 6.29. The van der Waals surface area contributed by atoms with Gasteiger partial charge in [0.1, 0.15) is 5.75 Å². The monoisotopic (exact) mass is 271 g/mol. The maximum Gasteiger partial charge on any atom is 0.333 e. The van der Waals surface area contributed by atoms with Crippen LogP contribution in [0.25, 0.3) is 0 Å². The first kappa shape index (κ1) is 13.9. The second-order valence-electron chi connectivity index (χ2n) is 4.97. The first-order valence-electron chi connectivity index (χ1n) is 6.29. The van der Waals surface area contributed by atoms with Crippen molar-refractivity contribution in [3.63, 3.8) is 0 Å². The Bertz CT molecular complexity index is 622. The van der Waals surface area contributed by atoms with E-state index in [1.807, 2.05) is 31.2 Å². The summed E-state index contributed by atoms with van der Waals surface area (Å²) in [6, 6.07) is 13.8. The molecule has 0 amide bonds. The maximum atomic E-state index is 11.7. The van der Waals surface area contributed by atoms with Crippen molar-refractivity contribution in [2.45, 2.75) is 19.4 Å². The summed E-state index contributed by atoms with van der Waals surface area (Å²) in [4.78, 5) is 11.7. The van der Waals surface area contributed by atoms with E-state index in [0.29, 0.717) is 11.3 Å². The number of aryl methyl sites for hydroxylation is 1. The standard InChI is InChI=1S/C16H17NO3/c1-11-6-8-13(9-7-11)17-16(2,15(19)20)12-4-3-5-14(18)10-12/h3-10,17-18H,1-2H3,(H,19,20). The van der Waals surface area contributed by atoms with Crippen LogP contribution in [0.4, 0.5) is 5.69 Å². The van der Waals surface area contributed by atoms with Gasteiger partial charge in [0, 0.05) is 5.69 Å². The van der Waals surface area contributed by atoms with Crippen LogP contribution >= 0.6 is 0 Å². The summed E-state index contributed by atoms with van der Waals surface area (Å²) in [5.41, 5.74) is 0.993. The molecular weight excluding hydrogens is 254 g/mol. The van der Waals surface area contributed by atoms with Gasteiger partial charge >= 0.3 is 5.97 Å². The molecule has 0 aliphatic rings. The molecule has 0 radical (unpaired) electrons. The minimum absolute atomic E-state index is 0.0423. The number of carbonyl (C=O) groups is 1. The van der Waals surface area contributed by atoms with Crippen LogP contribution in [0, 0.1) is 6.92 Å². The Labute approximate surface area is 117 Å². The summed E-state index contributed by atoms with van der Waals surface area (Å²) in [5, 5.41) is 22.1. The Balaban J connectivity index is 2.39. The first-order chi connectivity index (χ1) is 9.41. The molecule has 0 aliphatic carbocycles. The van der Waals surface area contributed by atoms with Crippen LogP contribution < -0.4 is 5.32 Å². The third kappa shape index (κ3) is 2.74. The van der Waals surface area contributed by atoms with Crippen molar-refractivity contribution in [1.82, 2.24) is 0 Å². The summed E-state index contributed by atoms with van der Waals surface area (Å²) in [6.07, 6.45) is 0. The van der Waals surface area contributed by atoms with Gasteiger partial charge in [-0.3, -0.25) is 0 Å². The number of hydrogen-bond acceptors (Lipinski definition) is 3. The number of nitrogens with one attached hydrogen (secondary N) is 1. The van der Waals surface area contributed by atoms with E-state index in [1.54, 1.807) is 19.1 Å². The second-order valence-corrected chi connectivity index (χ2v) is 4.97. The highest BCUT2D eigenvalue weighted by Crippen LogP contribution is 2.28. The Morgan fingerprint density at radius 2 is 1.80 bits per heavy atom. The summed E-state index contributed by atoms with van der Waals surface area (Å²) in [6.45, 7) is 3.54. The summed E-state index contributed by atoms with van der Waals surface area (Å²) in [5.74, 6) is -0.968. The fourth-order valence-electron chi connectivity index (χ4n) is 1.99. The molecule has 4 nitrogen and oxygen atoms in total. The van der Waals surface area contributed by atoms with E-state index in [2.05, 4.69) is 5.32 Å². The number of phenols is 1. The molecule has 1 unspecified atom stereocenters. The molecule has 0 aromatic heterocycles. The van der Waals surface area contributed by atoms with Gasteiger partial charge in [0.2, 0.25) is 0 Å². The number of benzene rings is 2. The third-order valence-corrected chi connectivity index (χ3v) is 3.30. The largest absolute Gasteiger partial charge is 0.508 e. The highest BCUT2D eigenvalue weighted by molar-refractivity contribution is 5.84. The quantitative estimate of drug-likeness (QED) is 0.799. The highest BCUT2D eigenvalue weighted by Gasteiger charge is 2.35. The highest BCUT2D eigenvalue weighted by atomic mass is 16.4. The Morgan fingerprint density at radius 1 is 1.15 bits per heavy atom. The molecule has 0 fully saturated rings. The lowest BCUT2D eigenvalue weighted by molar-refractivity contribution is -0.142. The van der Waals surface area contributed by atoms with Crippen LogP contribution in [-0.2, 0) is 10.3 Å². The Hall–Kier alpha value is -2.49. The fourth-order valence-corrected chi connectivity index (χ4v) is 1.99. The van der Waals surface area contributed by atoms with Gasteiger partial charge in [-0.05, 0) is 43.7 Å². The normalized spacial score (nSPS) is 13.5. The lowest BCUT2D eigenvalue weighted by atomic mass is 9.91. The van der Waals surface area contributed by atoms with Gasteiger partial charge in [-0.1, -0.05) is 29.8 Å². The molecule has 4 heteroatoms. The van der Waals surface area contributed by atoms with Crippen LogP contribution in [0.3, 0.4) is 0 Å². The average Bonchev–Trinajstić information content (AvgIpc) is 2.41. The van der Waals surface area contributed by atoms with Crippen molar-refractivity contribution in [3.8, 4) is 5.75 Å². The van der Waals surface area contributed by atoms with Gasteiger partial charge < -0.3 is 15.5 Å². The second kappa shape index (κ2) is 5.25. The number of phenolic OH excluding ortho intramolecular Hbond substituents is 1.